The van der Waals surface area contributed by atoms with Crippen molar-refractivity contribution < 1.29 is 19.1 Å². The number of nitrogens with one attached hydrogen (secondary N) is 1. The van der Waals surface area contributed by atoms with E-state index in [-0.39, 0.29) is 34.4 Å². The first kappa shape index (κ1) is 27.4. The first-order valence-electron chi connectivity index (χ1n) is 13.9. The molecule has 10 nitrogen and oxygen atoms in total. The molecule has 1 aliphatic heterocycles. The lowest BCUT2D eigenvalue weighted by Crippen LogP contribution is -2.69. The second kappa shape index (κ2) is 9.93. The van der Waals surface area contributed by atoms with Gasteiger partial charge in [0.1, 0.15) is 16.5 Å². The predicted molar refractivity (Wildman–Crippen MR) is 152 cm³/mol. The van der Waals surface area contributed by atoms with Gasteiger partial charge in [0.05, 0.1) is 5.56 Å². The zero-order chi connectivity index (χ0) is 29.1. The van der Waals surface area contributed by atoms with Crippen LogP contribution in [0.25, 0.3) is 10.6 Å². The number of hydrogen-bond donors (Lipinski definition) is 2. The van der Waals surface area contributed by atoms with Crippen LogP contribution in [0.5, 0.6) is 5.75 Å². The van der Waals surface area contributed by atoms with Crippen molar-refractivity contribution in [1.82, 2.24) is 25.1 Å². The molecule has 3 aromatic rings. The highest BCUT2D eigenvalue weighted by Gasteiger charge is 2.50. The summed E-state index contributed by atoms with van der Waals surface area (Å²) in [5, 5.41) is 25.4. The van der Waals surface area contributed by atoms with E-state index < -0.39 is 22.7 Å². The summed E-state index contributed by atoms with van der Waals surface area (Å²) in [6, 6.07) is 6.09. The average molecular weight is 581 g/mol. The Bertz CT molecular complexity index is 1570. The summed E-state index contributed by atoms with van der Waals surface area (Å²) in [5.41, 5.74) is -0.502. The lowest BCUT2D eigenvalue weighted by atomic mass is 9.78. The fraction of sp³-hybridized carbons (Fsp3) is 0.483. The molecule has 0 atom stereocenters. The van der Waals surface area contributed by atoms with Crippen molar-refractivity contribution in [3.05, 3.63) is 62.8 Å². The van der Waals surface area contributed by atoms with Crippen LogP contribution in [0.3, 0.4) is 0 Å². The average Bonchev–Trinajstić information content (AvgIpc) is 3.48. The summed E-state index contributed by atoms with van der Waals surface area (Å²) in [7, 11) is 3.55. The third-order valence-electron chi connectivity index (χ3n) is 9.01. The van der Waals surface area contributed by atoms with Crippen molar-refractivity contribution >= 4 is 23.2 Å². The Morgan fingerprint density at radius 3 is 2.46 bits per heavy atom. The fourth-order valence-corrected chi connectivity index (χ4v) is 7.00. The van der Waals surface area contributed by atoms with Gasteiger partial charge in [0, 0.05) is 38.7 Å². The molecule has 2 N–H and O–H groups in total. The third kappa shape index (κ3) is 4.87. The predicted octanol–water partition coefficient (Wildman–Crippen LogP) is 3.40. The molecular weight excluding hydrogens is 547 g/mol. The van der Waals surface area contributed by atoms with E-state index in [2.05, 4.69) is 22.4 Å². The Hall–Kier alpha value is -3.80. The topological polar surface area (TPSA) is 121 Å². The smallest absolute Gasteiger partial charge is 0.278 e. The highest BCUT2D eigenvalue weighted by Crippen LogP contribution is 2.43. The molecule has 41 heavy (non-hydrogen) atoms. The van der Waals surface area contributed by atoms with E-state index in [1.165, 1.54) is 23.5 Å². The van der Waals surface area contributed by atoms with Gasteiger partial charge in [-0.1, -0.05) is 23.5 Å². The molecule has 2 saturated carbocycles. The van der Waals surface area contributed by atoms with E-state index in [1.54, 1.807) is 35.0 Å². The molecule has 0 saturated heterocycles. The number of hydrogen-bond acceptors (Lipinski definition) is 8. The number of fused-ring (bicyclic) bond motifs is 1. The van der Waals surface area contributed by atoms with E-state index in [9.17, 15) is 23.9 Å². The minimum atomic E-state index is -0.689. The van der Waals surface area contributed by atoms with Crippen LogP contribution in [-0.2, 0) is 11.2 Å². The number of pyridine rings is 1. The molecule has 0 radical (unpaired) electrons. The van der Waals surface area contributed by atoms with E-state index in [1.807, 2.05) is 12.1 Å². The Labute approximate surface area is 240 Å². The van der Waals surface area contributed by atoms with Crippen LogP contribution in [0, 0.1) is 11.7 Å². The number of aromatic hydroxyl groups is 1. The van der Waals surface area contributed by atoms with Gasteiger partial charge in [-0.15, -0.1) is 10.2 Å². The largest absolute Gasteiger partial charge is 0.502 e. The molecule has 0 unspecified atom stereocenters. The maximum Gasteiger partial charge on any atom is 0.278 e. The molecule has 216 valence electrons. The highest BCUT2D eigenvalue weighted by molar-refractivity contribution is 7.14. The van der Waals surface area contributed by atoms with Crippen molar-refractivity contribution in [3.8, 4) is 16.3 Å². The number of carbonyl (C=O) groups excluding carboxylic acids is 2. The van der Waals surface area contributed by atoms with Crippen molar-refractivity contribution in [2.24, 2.45) is 5.92 Å². The number of amides is 2. The number of halogens is 1. The second-order valence-corrected chi connectivity index (χ2v) is 12.9. The SMILES string of the molecule is CN1C(=O)c2c(O)c(=O)c(-c3nnc(Cc4ccc(F)cc4)s3)cn2N(C)C12CCC(CC(=O)NC1(C)CC1)CC2. The lowest BCUT2D eigenvalue weighted by molar-refractivity contribution is -0.123. The summed E-state index contributed by atoms with van der Waals surface area (Å²) < 4.78 is 14.8. The van der Waals surface area contributed by atoms with Gasteiger partial charge in [-0.05, 0) is 69.1 Å². The lowest BCUT2D eigenvalue weighted by Gasteiger charge is -2.55. The van der Waals surface area contributed by atoms with Crippen LogP contribution >= 0.6 is 11.3 Å². The van der Waals surface area contributed by atoms with Gasteiger partial charge in [-0.25, -0.2) is 4.39 Å². The zero-order valence-electron chi connectivity index (χ0n) is 23.3. The third-order valence-corrected chi connectivity index (χ3v) is 9.97. The molecule has 2 aromatic heterocycles. The van der Waals surface area contributed by atoms with Crippen LogP contribution in [0.2, 0.25) is 0 Å². The van der Waals surface area contributed by atoms with Crippen LogP contribution < -0.4 is 15.8 Å². The standard InChI is InChI=1S/C29H33FN6O4S/c1-28(12-13-28)31-21(37)14-18-8-10-29(11-9-18)34(2)27(40)23-25(39)24(38)20(16-36(23)35(29)3)26-33-32-22(41-26)15-17-4-6-19(30)7-5-17/h4-7,16,18,39H,8-15H2,1-3H3,(H,31,37). The summed E-state index contributed by atoms with van der Waals surface area (Å²) in [4.78, 5) is 41.0. The van der Waals surface area contributed by atoms with Crippen LogP contribution in [0.1, 0.15) is 72.9 Å². The monoisotopic (exact) mass is 580 g/mol. The van der Waals surface area contributed by atoms with Crippen molar-refractivity contribution in [1.29, 1.82) is 0 Å². The number of nitrogens with zero attached hydrogens (tertiary/aromatic N) is 5. The van der Waals surface area contributed by atoms with Crippen molar-refractivity contribution in [3.63, 3.8) is 0 Å². The zero-order valence-corrected chi connectivity index (χ0v) is 24.1. The molecule has 2 aliphatic carbocycles. The number of benzene rings is 1. The minimum absolute atomic E-state index is 0.0433. The molecule has 6 rings (SSSR count). The molecule has 3 aliphatic rings. The molecule has 2 fully saturated rings. The fourth-order valence-electron chi connectivity index (χ4n) is 6.12. The van der Waals surface area contributed by atoms with Crippen molar-refractivity contribution in [2.75, 3.05) is 19.1 Å². The van der Waals surface area contributed by atoms with Crippen molar-refractivity contribution in [2.45, 2.75) is 69.5 Å². The van der Waals surface area contributed by atoms with Gasteiger partial charge >= 0.3 is 0 Å². The number of rotatable bonds is 6. The van der Waals surface area contributed by atoms with Crippen LogP contribution in [-0.4, -0.2) is 62.0 Å². The summed E-state index contributed by atoms with van der Waals surface area (Å²) in [6.07, 6.45) is 7.31. The number of aromatic nitrogens is 3. The van der Waals surface area contributed by atoms with E-state index in [4.69, 9.17) is 0 Å². The van der Waals surface area contributed by atoms with Gasteiger partial charge in [0.15, 0.2) is 16.5 Å². The van der Waals surface area contributed by atoms with E-state index in [0.717, 1.165) is 31.2 Å². The van der Waals surface area contributed by atoms with Gasteiger partial charge in [-0.2, -0.15) is 0 Å². The molecule has 1 aromatic carbocycles. The van der Waals surface area contributed by atoms with Gasteiger partial charge < -0.3 is 15.3 Å². The van der Waals surface area contributed by atoms with Gasteiger partial charge in [0.2, 0.25) is 11.3 Å². The molecule has 2 amide bonds. The Morgan fingerprint density at radius 2 is 1.80 bits per heavy atom. The van der Waals surface area contributed by atoms with Crippen LogP contribution in [0.15, 0.2) is 35.3 Å². The Balaban J connectivity index is 1.25. The molecule has 3 heterocycles. The highest BCUT2D eigenvalue weighted by atomic mass is 32.1. The summed E-state index contributed by atoms with van der Waals surface area (Å²) >= 11 is 1.21. The quantitative estimate of drug-likeness (QED) is 0.459. The summed E-state index contributed by atoms with van der Waals surface area (Å²) in [6.45, 7) is 2.07. The number of carbonyl (C=O) groups is 2. The molecule has 0 bridgehead atoms. The van der Waals surface area contributed by atoms with Gasteiger partial charge in [-0.3, -0.25) is 24.1 Å². The maximum absolute atomic E-state index is 13.6. The molecule has 12 heteroatoms. The normalized spacial score (nSPS) is 23.0. The van der Waals surface area contributed by atoms with E-state index in [0.29, 0.717) is 35.7 Å². The summed E-state index contributed by atoms with van der Waals surface area (Å²) in [5.74, 6) is -1.08. The first-order chi connectivity index (χ1) is 19.5. The van der Waals surface area contributed by atoms with Crippen LogP contribution in [0.4, 0.5) is 4.39 Å². The Morgan fingerprint density at radius 1 is 1.12 bits per heavy atom. The van der Waals surface area contributed by atoms with Gasteiger partial charge in [0.25, 0.3) is 5.91 Å². The minimum Gasteiger partial charge on any atom is -0.502 e. The second-order valence-electron chi connectivity index (χ2n) is 11.8. The Kier molecular flexibility index (Phi) is 6.63. The molecular formula is C29H33FN6O4S. The van der Waals surface area contributed by atoms with E-state index >= 15 is 0 Å². The molecule has 1 spiro atoms. The maximum atomic E-state index is 13.6. The first-order valence-corrected chi connectivity index (χ1v) is 14.7.